The van der Waals surface area contributed by atoms with Gasteiger partial charge in [0.05, 0.1) is 5.92 Å². The summed E-state index contributed by atoms with van der Waals surface area (Å²) in [5.41, 5.74) is 0.632. The van der Waals surface area contributed by atoms with Crippen molar-refractivity contribution in [1.82, 2.24) is 4.98 Å². The number of carboxylic acids is 1. The minimum Gasteiger partial charge on any atom is -0.481 e. The molecular weight excluding hydrogens is 278 g/mol. The molecule has 0 spiro atoms. The van der Waals surface area contributed by atoms with E-state index in [4.69, 9.17) is 5.11 Å². The predicted molar refractivity (Wildman–Crippen MR) is 72.9 cm³/mol. The summed E-state index contributed by atoms with van der Waals surface area (Å²) in [5, 5.41) is 8.82. The van der Waals surface area contributed by atoms with Crippen LogP contribution in [0.15, 0.2) is 36.5 Å². The molecule has 0 amide bonds. The molecule has 1 N–H and O–H groups in total. The standard InChI is InChI=1S/C15H12F2N2O2/c16-11-2-3-13(17)12(5-11)9-1-4-14(18-6-9)19-7-10(8-19)15(20)21/h1-6,10H,7-8H2,(H,20,21). The zero-order chi connectivity index (χ0) is 15.0. The van der Waals surface area contributed by atoms with Crippen molar-refractivity contribution in [2.24, 2.45) is 5.92 Å². The number of hydrogen-bond donors (Lipinski definition) is 1. The molecule has 0 atom stereocenters. The van der Waals surface area contributed by atoms with Crippen LogP contribution >= 0.6 is 0 Å². The number of carboxylic acid groups (broad SMARTS) is 1. The van der Waals surface area contributed by atoms with Gasteiger partial charge in [0, 0.05) is 30.4 Å². The Hall–Kier alpha value is -2.50. The Morgan fingerprint density at radius 2 is 2.00 bits per heavy atom. The quantitative estimate of drug-likeness (QED) is 0.944. The number of hydrogen-bond acceptors (Lipinski definition) is 3. The van der Waals surface area contributed by atoms with Crippen LogP contribution in [0.4, 0.5) is 14.6 Å². The van der Waals surface area contributed by atoms with Crippen molar-refractivity contribution in [3.05, 3.63) is 48.2 Å². The SMILES string of the molecule is O=C(O)C1CN(c2ccc(-c3cc(F)ccc3F)cn2)C1. The summed E-state index contributed by atoms with van der Waals surface area (Å²) in [6.45, 7) is 0.825. The van der Waals surface area contributed by atoms with Gasteiger partial charge in [-0.05, 0) is 30.3 Å². The van der Waals surface area contributed by atoms with Crippen molar-refractivity contribution in [2.75, 3.05) is 18.0 Å². The summed E-state index contributed by atoms with van der Waals surface area (Å²) in [4.78, 5) is 16.8. The highest BCUT2D eigenvalue weighted by molar-refractivity contribution is 5.74. The van der Waals surface area contributed by atoms with Crippen molar-refractivity contribution < 1.29 is 18.7 Å². The molecule has 1 saturated heterocycles. The summed E-state index contributed by atoms with van der Waals surface area (Å²) in [6, 6.07) is 6.58. The van der Waals surface area contributed by atoms with Crippen molar-refractivity contribution in [1.29, 1.82) is 0 Å². The number of nitrogens with zero attached hydrogens (tertiary/aromatic N) is 2. The minimum atomic E-state index is -0.815. The van der Waals surface area contributed by atoms with E-state index in [0.29, 0.717) is 24.5 Å². The molecule has 1 aromatic heterocycles. The summed E-state index contributed by atoms with van der Waals surface area (Å²) in [7, 11) is 0. The van der Waals surface area contributed by atoms with E-state index in [-0.39, 0.29) is 11.5 Å². The average Bonchev–Trinajstić information content (AvgIpc) is 2.40. The van der Waals surface area contributed by atoms with Gasteiger partial charge in [-0.1, -0.05) is 0 Å². The van der Waals surface area contributed by atoms with Gasteiger partial charge in [-0.3, -0.25) is 4.79 Å². The molecule has 1 aliphatic rings. The van der Waals surface area contributed by atoms with Crippen molar-refractivity contribution >= 4 is 11.8 Å². The van der Waals surface area contributed by atoms with E-state index in [9.17, 15) is 13.6 Å². The van der Waals surface area contributed by atoms with Gasteiger partial charge in [0.2, 0.25) is 0 Å². The fourth-order valence-corrected chi connectivity index (χ4v) is 2.27. The van der Waals surface area contributed by atoms with Crippen molar-refractivity contribution in [3.8, 4) is 11.1 Å². The Balaban J connectivity index is 1.79. The lowest BCUT2D eigenvalue weighted by atomic mass is 10.0. The van der Waals surface area contributed by atoms with Gasteiger partial charge in [-0.25, -0.2) is 13.8 Å². The highest BCUT2D eigenvalue weighted by Crippen LogP contribution is 2.27. The monoisotopic (exact) mass is 290 g/mol. The molecule has 0 radical (unpaired) electrons. The minimum absolute atomic E-state index is 0.154. The molecule has 108 valence electrons. The molecule has 2 aromatic rings. The first kappa shape index (κ1) is 13.5. The fraction of sp³-hybridized carbons (Fsp3) is 0.200. The predicted octanol–water partition coefficient (Wildman–Crippen LogP) is 2.55. The Morgan fingerprint density at radius 3 is 2.62 bits per heavy atom. The largest absolute Gasteiger partial charge is 0.481 e. The maximum atomic E-state index is 13.7. The number of anilines is 1. The van der Waals surface area contributed by atoms with Gasteiger partial charge in [-0.2, -0.15) is 0 Å². The molecule has 0 unspecified atom stereocenters. The Bertz CT molecular complexity index is 683. The van der Waals surface area contributed by atoms with Gasteiger partial charge < -0.3 is 10.0 Å². The van der Waals surface area contributed by atoms with E-state index in [2.05, 4.69) is 4.98 Å². The van der Waals surface area contributed by atoms with Gasteiger partial charge in [0.15, 0.2) is 0 Å². The highest BCUT2D eigenvalue weighted by atomic mass is 19.1. The molecule has 0 saturated carbocycles. The molecule has 6 heteroatoms. The van der Waals surface area contributed by atoms with E-state index in [1.54, 1.807) is 12.1 Å². The third-order valence-electron chi connectivity index (χ3n) is 3.54. The normalized spacial score (nSPS) is 14.9. The summed E-state index contributed by atoms with van der Waals surface area (Å²) < 4.78 is 26.8. The van der Waals surface area contributed by atoms with Crippen LogP contribution < -0.4 is 4.90 Å². The van der Waals surface area contributed by atoms with Gasteiger partial charge in [-0.15, -0.1) is 0 Å². The number of halogens is 2. The second kappa shape index (κ2) is 5.12. The molecule has 0 aliphatic carbocycles. The number of aromatic nitrogens is 1. The second-order valence-corrected chi connectivity index (χ2v) is 4.97. The van der Waals surface area contributed by atoms with Crippen LogP contribution in [-0.4, -0.2) is 29.1 Å². The van der Waals surface area contributed by atoms with Crippen molar-refractivity contribution in [3.63, 3.8) is 0 Å². The second-order valence-electron chi connectivity index (χ2n) is 4.97. The Kier molecular flexibility index (Phi) is 3.29. The third-order valence-corrected chi connectivity index (χ3v) is 3.54. The van der Waals surface area contributed by atoms with Crippen LogP contribution in [0.5, 0.6) is 0 Å². The van der Waals surface area contributed by atoms with Crippen molar-refractivity contribution in [2.45, 2.75) is 0 Å². The van der Waals surface area contributed by atoms with Crippen LogP contribution in [0.2, 0.25) is 0 Å². The highest BCUT2D eigenvalue weighted by Gasteiger charge is 2.33. The van der Waals surface area contributed by atoms with E-state index in [1.165, 1.54) is 6.20 Å². The van der Waals surface area contributed by atoms with Gasteiger partial charge >= 0.3 is 5.97 Å². The van der Waals surface area contributed by atoms with Gasteiger partial charge in [0.25, 0.3) is 0 Å². The first-order valence-electron chi connectivity index (χ1n) is 6.44. The smallest absolute Gasteiger partial charge is 0.310 e. The van der Waals surface area contributed by atoms with E-state index >= 15 is 0 Å². The lowest BCUT2D eigenvalue weighted by Gasteiger charge is -2.37. The van der Waals surface area contributed by atoms with Crippen LogP contribution in [0, 0.1) is 17.6 Å². The van der Waals surface area contributed by atoms with Gasteiger partial charge in [0.1, 0.15) is 17.5 Å². The maximum absolute atomic E-state index is 13.7. The molecule has 4 nitrogen and oxygen atoms in total. The third kappa shape index (κ3) is 2.56. The first-order valence-corrected chi connectivity index (χ1v) is 6.44. The molecule has 21 heavy (non-hydrogen) atoms. The van der Waals surface area contributed by atoms with E-state index in [0.717, 1.165) is 18.2 Å². The Labute approximate surface area is 119 Å². The molecule has 2 heterocycles. The fourth-order valence-electron chi connectivity index (χ4n) is 2.27. The first-order chi connectivity index (χ1) is 10.0. The zero-order valence-corrected chi connectivity index (χ0v) is 11.0. The molecule has 3 rings (SSSR count). The van der Waals surface area contributed by atoms with Crippen LogP contribution in [-0.2, 0) is 4.79 Å². The van der Waals surface area contributed by atoms with E-state index < -0.39 is 17.6 Å². The number of rotatable bonds is 3. The summed E-state index contributed by atoms with van der Waals surface area (Å²) in [6.07, 6.45) is 1.46. The average molecular weight is 290 g/mol. The zero-order valence-electron chi connectivity index (χ0n) is 11.0. The summed E-state index contributed by atoms with van der Waals surface area (Å²) in [5.74, 6) is -1.58. The van der Waals surface area contributed by atoms with E-state index in [1.807, 2.05) is 4.90 Å². The van der Waals surface area contributed by atoms with Crippen LogP contribution in [0.1, 0.15) is 0 Å². The lowest BCUT2D eigenvalue weighted by molar-refractivity contribution is -0.142. The molecule has 1 aliphatic heterocycles. The topological polar surface area (TPSA) is 53.4 Å². The molecule has 0 bridgehead atoms. The number of aliphatic carboxylic acids is 1. The van der Waals surface area contributed by atoms with Crippen LogP contribution in [0.3, 0.4) is 0 Å². The number of benzene rings is 1. The molecule has 1 aromatic carbocycles. The summed E-state index contributed by atoms with van der Waals surface area (Å²) >= 11 is 0. The number of carbonyl (C=O) groups is 1. The molecule has 1 fully saturated rings. The number of pyridine rings is 1. The van der Waals surface area contributed by atoms with Crippen LogP contribution in [0.25, 0.3) is 11.1 Å². The molecular formula is C15H12F2N2O2. The maximum Gasteiger partial charge on any atom is 0.310 e. The lowest BCUT2D eigenvalue weighted by Crippen LogP contribution is -2.50. The Morgan fingerprint density at radius 1 is 1.24 bits per heavy atom.